The van der Waals surface area contributed by atoms with E-state index in [9.17, 15) is 0 Å². The van der Waals surface area contributed by atoms with Crippen molar-refractivity contribution in [2.45, 2.75) is 44.9 Å². The number of hydrogen-bond acceptors (Lipinski definition) is 0. The van der Waals surface area contributed by atoms with E-state index in [0.717, 1.165) is 11.4 Å². The predicted octanol–water partition coefficient (Wildman–Crippen LogP) is 6.78. The quantitative estimate of drug-likeness (QED) is 0.493. The first-order valence-corrected chi connectivity index (χ1v) is 9.55. The van der Waals surface area contributed by atoms with E-state index in [0.29, 0.717) is 5.92 Å². The van der Waals surface area contributed by atoms with Crippen molar-refractivity contribution in [3.8, 4) is 0 Å². The van der Waals surface area contributed by atoms with Crippen LogP contribution in [-0.4, -0.2) is 0 Å². The smallest absolute Gasteiger partial charge is 0.0484 e. The van der Waals surface area contributed by atoms with Crippen LogP contribution in [-0.2, 0) is 10.8 Å². The van der Waals surface area contributed by atoms with Crippen LogP contribution in [0.2, 0.25) is 5.02 Å². The van der Waals surface area contributed by atoms with Gasteiger partial charge in [-0.05, 0) is 57.2 Å². The average Bonchev–Trinajstić information content (AvgIpc) is 2.95. The molecule has 1 unspecified atom stereocenters. The van der Waals surface area contributed by atoms with Gasteiger partial charge in [0.1, 0.15) is 0 Å². The Morgan fingerprint density at radius 2 is 1.64 bits per heavy atom. The van der Waals surface area contributed by atoms with E-state index in [-0.39, 0.29) is 10.8 Å². The van der Waals surface area contributed by atoms with Gasteiger partial charge in [-0.2, -0.15) is 0 Å². The van der Waals surface area contributed by atoms with Gasteiger partial charge in [-0.15, -0.1) is 0 Å². The summed E-state index contributed by atoms with van der Waals surface area (Å²) in [6, 6.07) is 15.4. The summed E-state index contributed by atoms with van der Waals surface area (Å²) < 4.78 is 0. The molecule has 0 N–H and O–H groups in total. The van der Waals surface area contributed by atoms with Crippen molar-refractivity contribution in [3.63, 3.8) is 0 Å². The number of hydrogen-bond donors (Lipinski definition) is 0. The van der Waals surface area contributed by atoms with Crippen molar-refractivity contribution in [1.82, 2.24) is 0 Å². The van der Waals surface area contributed by atoms with Crippen LogP contribution >= 0.6 is 11.6 Å². The lowest BCUT2D eigenvalue weighted by Crippen LogP contribution is -2.26. The Bertz CT molecular complexity index is 985. The van der Waals surface area contributed by atoms with Crippen molar-refractivity contribution >= 4 is 22.7 Å². The number of halogens is 1. The number of fused-ring (bicyclic) bond motifs is 5. The summed E-state index contributed by atoms with van der Waals surface area (Å²) in [5, 5.41) is 0.903. The Labute approximate surface area is 155 Å². The van der Waals surface area contributed by atoms with Crippen molar-refractivity contribution in [3.05, 3.63) is 81.4 Å². The van der Waals surface area contributed by atoms with Gasteiger partial charge in [-0.25, -0.2) is 0 Å². The average molecular weight is 347 g/mol. The van der Waals surface area contributed by atoms with E-state index in [1.165, 1.54) is 39.0 Å². The highest BCUT2D eigenvalue weighted by molar-refractivity contribution is 6.32. The molecule has 2 aromatic carbocycles. The number of rotatable bonds is 0. The van der Waals surface area contributed by atoms with Crippen LogP contribution in [0.1, 0.15) is 56.4 Å². The first kappa shape index (κ1) is 15.5. The van der Waals surface area contributed by atoms with E-state index >= 15 is 0 Å². The summed E-state index contributed by atoms with van der Waals surface area (Å²) in [7, 11) is 0. The van der Waals surface area contributed by atoms with Gasteiger partial charge in [-0.1, -0.05) is 81.8 Å². The van der Waals surface area contributed by atoms with Gasteiger partial charge in [0.15, 0.2) is 0 Å². The van der Waals surface area contributed by atoms with Crippen LogP contribution < -0.4 is 0 Å². The van der Waals surface area contributed by atoms with Crippen molar-refractivity contribution in [2.75, 3.05) is 0 Å². The van der Waals surface area contributed by atoms with Crippen LogP contribution in [0.15, 0.2) is 54.1 Å². The molecule has 0 radical (unpaired) electrons. The molecular weight excluding hydrogens is 324 g/mol. The Morgan fingerprint density at radius 3 is 2.44 bits per heavy atom. The van der Waals surface area contributed by atoms with Crippen molar-refractivity contribution < 1.29 is 0 Å². The lowest BCUT2D eigenvalue weighted by Gasteiger charge is -2.33. The molecule has 25 heavy (non-hydrogen) atoms. The molecule has 0 fully saturated rings. The lowest BCUT2D eigenvalue weighted by molar-refractivity contribution is 0.417. The highest BCUT2D eigenvalue weighted by Gasteiger charge is 2.48. The number of benzene rings is 2. The minimum Gasteiger partial charge on any atom is -0.0837 e. The molecule has 3 aliphatic rings. The van der Waals surface area contributed by atoms with Crippen LogP contribution in [0.4, 0.5) is 0 Å². The fourth-order valence-electron chi connectivity index (χ4n) is 5.45. The third kappa shape index (κ3) is 1.79. The maximum Gasteiger partial charge on any atom is 0.0484 e. The Kier molecular flexibility index (Phi) is 2.89. The van der Waals surface area contributed by atoms with Crippen LogP contribution in [0, 0.1) is 5.92 Å². The molecule has 1 heteroatoms. The molecule has 0 amide bonds. The van der Waals surface area contributed by atoms with E-state index in [1.807, 2.05) is 6.07 Å². The molecule has 0 aliphatic heterocycles. The van der Waals surface area contributed by atoms with Crippen molar-refractivity contribution in [2.24, 2.45) is 5.92 Å². The minimum atomic E-state index is 0.0230. The molecule has 126 valence electrons. The maximum absolute atomic E-state index is 6.67. The fourth-order valence-corrected chi connectivity index (χ4v) is 5.74. The van der Waals surface area contributed by atoms with Gasteiger partial charge in [0, 0.05) is 16.0 Å². The van der Waals surface area contributed by atoms with Gasteiger partial charge < -0.3 is 0 Å². The summed E-state index contributed by atoms with van der Waals surface area (Å²) >= 11 is 6.67. The van der Waals surface area contributed by atoms with Crippen LogP contribution in [0.5, 0.6) is 0 Å². The van der Waals surface area contributed by atoms with E-state index in [2.05, 4.69) is 70.2 Å². The fraction of sp³-hybridized carbons (Fsp3) is 0.333. The summed E-state index contributed by atoms with van der Waals surface area (Å²) in [6.45, 7) is 9.48. The molecule has 3 aliphatic carbocycles. The zero-order chi connectivity index (χ0) is 17.6. The molecule has 0 spiro atoms. The predicted molar refractivity (Wildman–Crippen MR) is 107 cm³/mol. The second-order valence-electron chi connectivity index (χ2n) is 8.80. The highest BCUT2D eigenvalue weighted by atomic mass is 35.5. The van der Waals surface area contributed by atoms with Gasteiger partial charge in [0.2, 0.25) is 0 Å². The molecule has 0 saturated carbocycles. The van der Waals surface area contributed by atoms with Gasteiger partial charge in [-0.3, -0.25) is 0 Å². The van der Waals surface area contributed by atoms with Gasteiger partial charge in [0.05, 0.1) is 0 Å². The first-order valence-electron chi connectivity index (χ1n) is 9.18. The minimum absolute atomic E-state index is 0.0230. The second-order valence-corrected chi connectivity index (χ2v) is 9.21. The Morgan fingerprint density at radius 1 is 0.920 bits per heavy atom. The normalized spacial score (nSPS) is 24.4. The topological polar surface area (TPSA) is 0 Å². The van der Waals surface area contributed by atoms with E-state index in [1.54, 1.807) is 0 Å². The Hall–Kier alpha value is -1.79. The molecule has 2 aromatic rings. The van der Waals surface area contributed by atoms with Crippen LogP contribution in [0.3, 0.4) is 0 Å². The zero-order valence-corrected chi connectivity index (χ0v) is 16.0. The maximum atomic E-state index is 6.67. The summed E-state index contributed by atoms with van der Waals surface area (Å²) in [5.41, 5.74) is 10.3. The molecule has 0 bridgehead atoms. The molecule has 0 saturated heterocycles. The monoisotopic (exact) mass is 346 g/mol. The van der Waals surface area contributed by atoms with Gasteiger partial charge >= 0.3 is 0 Å². The van der Waals surface area contributed by atoms with Gasteiger partial charge in [0.25, 0.3) is 0 Å². The summed E-state index contributed by atoms with van der Waals surface area (Å²) in [5.74, 6) is 0.529. The highest BCUT2D eigenvalue weighted by Crippen LogP contribution is 2.61. The molecule has 0 nitrogen and oxygen atoms in total. The third-order valence-corrected chi connectivity index (χ3v) is 7.19. The first-order chi connectivity index (χ1) is 11.8. The molecule has 0 heterocycles. The Balaban J connectivity index is 1.78. The summed E-state index contributed by atoms with van der Waals surface area (Å²) in [6.07, 6.45) is 3.58. The standard InChI is InChI=1S/C24H23Cl/c1-23(2)17-9-6-5-8-14(17)15-12-20-16(13-19(15)23)22-18(24(20,3)4)10-7-11-21(22)25/h5-12,19H,13H2,1-4H3. The molecular formula is C24H23Cl. The van der Waals surface area contributed by atoms with E-state index < -0.39 is 0 Å². The SMILES string of the molecule is CC1(C)C2=C(CC3C(=C2)c2ccccc2C3(C)C)c2c(Cl)cccc21. The summed E-state index contributed by atoms with van der Waals surface area (Å²) in [4.78, 5) is 0. The largest absolute Gasteiger partial charge is 0.0837 e. The third-order valence-electron chi connectivity index (χ3n) is 6.87. The van der Waals surface area contributed by atoms with Crippen LogP contribution in [0.25, 0.3) is 11.1 Å². The molecule has 5 rings (SSSR count). The second kappa shape index (κ2) is 4.68. The molecule has 0 aromatic heterocycles. The molecule has 1 atom stereocenters. The number of allylic oxidation sites excluding steroid dienone is 4. The zero-order valence-electron chi connectivity index (χ0n) is 15.3. The lowest BCUT2D eigenvalue weighted by atomic mass is 9.70. The van der Waals surface area contributed by atoms with Crippen molar-refractivity contribution in [1.29, 1.82) is 0 Å². The van der Waals surface area contributed by atoms with E-state index in [4.69, 9.17) is 11.6 Å².